The van der Waals surface area contributed by atoms with Gasteiger partial charge in [-0.3, -0.25) is 4.79 Å². The van der Waals surface area contributed by atoms with Crippen LogP contribution < -0.4 is 0 Å². The quantitative estimate of drug-likeness (QED) is 0.863. The van der Waals surface area contributed by atoms with E-state index in [1.165, 1.54) is 12.8 Å². The Morgan fingerprint density at radius 2 is 2.14 bits per heavy atom. The van der Waals surface area contributed by atoms with Crippen LogP contribution in [0.25, 0.3) is 11.1 Å². The SMILES string of the molecule is CN(CCN(C)C1CC1)C(=O)c1ccc2oc(=S)[nH]c2c1. The topological polar surface area (TPSA) is 52.5 Å². The minimum atomic E-state index is 0.0154. The molecule has 0 atom stereocenters. The number of hydrogen-bond donors (Lipinski definition) is 1. The number of benzene rings is 1. The Kier molecular flexibility index (Phi) is 3.82. The fourth-order valence-electron chi connectivity index (χ4n) is 2.41. The number of oxazole rings is 1. The molecule has 1 saturated carbocycles. The summed E-state index contributed by atoms with van der Waals surface area (Å²) in [5.74, 6) is 0.0154. The van der Waals surface area contributed by atoms with Crippen molar-refractivity contribution < 1.29 is 9.21 Å². The zero-order valence-electron chi connectivity index (χ0n) is 12.3. The molecule has 1 fully saturated rings. The van der Waals surface area contributed by atoms with E-state index in [1.54, 1.807) is 23.1 Å². The summed E-state index contributed by atoms with van der Waals surface area (Å²) in [4.78, 5) is 19.8. The number of rotatable bonds is 5. The lowest BCUT2D eigenvalue weighted by Crippen LogP contribution is -2.35. The zero-order chi connectivity index (χ0) is 15.0. The van der Waals surface area contributed by atoms with E-state index in [1.807, 2.05) is 7.05 Å². The molecule has 6 heteroatoms. The summed E-state index contributed by atoms with van der Waals surface area (Å²) in [5.41, 5.74) is 2.08. The fraction of sp³-hybridized carbons (Fsp3) is 0.467. The van der Waals surface area contributed by atoms with E-state index in [2.05, 4.69) is 16.9 Å². The van der Waals surface area contributed by atoms with Crippen molar-refractivity contribution in [1.29, 1.82) is 0 Å². The minimum absolute atomic E-state index is 0.0154. The van der Waals surface area contributed by atoms with Gasteiger partial charge in [0.15, 0.2) is 5.58 Å². The van der Waals surface area contributed by atoms with Crippen LogP contribution in [0.1, 0.15) is 23.2 Å². The summed E-state index contributed by atoms with van der Waals surface area (Å²) in [5, 5.41) is 0. The number of aromatic amines is 1. The highest BCUT2D eigenvalue weighted by atomic mass is 32.1. The summed E-state index contributed by atoms with van der Waals surface area (Å²) in [7, 11) is 3.96. The number of fused-ring (bicyclic) bond motifs is 1. The first-order valence-corrected chi connectivity index (χ1v) is 7.54. The number of amides is 1. The van der Waals surface area contributed by atoms with E-state index in [-0.39, 0.29) is 5.91 Å². The van der Waals surface area contributed by atoms with Gasteiger partial charge in [-0.05, 0) is 50.3 Å². The molecule has 0 spiro atoms. The Morgan fingerprint density at radius 3 is 2.86 bits per heavy atom. The van der Waals surface area contributed by atoms with E-state index in [0.717, 1.165) is 24.6 Å². The summed E-state index contributed by atoms with van der Waals surface area (Å²) < 4.78 is 5.30. The highest BCUT2D eigenvalue weighted by Crippen LogP contribution is 2.24. The van der Waals surface area contributed by atoms with Gasteiger partial charge in [0.2, 0.25) is 0 Å². The highest BCUT2D eigenvalue weighted by molar-refractivity contribution is 7.71. The molecule has 0 radical (unpaired) electrons. The van der Waals surface area contributed by atoms with Gasteiger partial charge >= 0.3 is 0 Å². The normalized spacial score (nSPS) is 14.8. The molecule has 1 aliphatic rings. The molecule has 2 aromatic rings. The predicted octanol–water partition coefficient (Wildman–Crippen LogP) is 2.66. The Bertz CT molecular complexity index is 717. The Morgan fingerprint density at radius 1 is 1.38 bits per heavy atom. The average molecular weight is 305 g/mol. The summed E-state index contributed by atoms with van der Waals surface area (Å²) in [6, 6.07) is 6.06. The first kappa shape index (κ1) is 14.3. The molecule has 1 aromatic carbocycles. The third kappa shape index (κ3) is 3.16. The lowest BCUT2D eigenvalue weighted by atomic mass is 10.2. The van der Waals surface area contributed by atoms with Crippen molar-refractivity contribution >= 4 is 29.2 Å². The number of aromatic nitrogens is 1. The molecule has 0 saturated heterocycles. The van der Waals surface area contributed by atoms with E-state index in [4.69, 9.17) is 16.6 Å². The van der Waals surface area contributed by atoms with Crippen LogP contribution in [0.4, 0.5) is 0 Å². The molecule has 0 bridgehead atoms. The second-order valence-corrected chi connectivity index (χ2v) is 6.03. The number of nitrogens with zero attached hydrogens (tertiary/aromatic N) is 2. The minimum Gasteiger partial charge on any atom is -0.429 e. The van der Waals surface area contributed by atoms with Crippen molar-refractivity contribution in [3.8, 4) is 0 Å². The van der Waals surface area contributed by atoms with Crippen LogP contribution >= 0.6 is 12.2 Å². The van der Waals surface area contributed by atoms with Crippen LogP contribution in [-0.2, 0) is 0 Å². The number of H-pyrrole nitrogens is 1. The highest BCUT2D eigenvalue weighted by Gasteiger charge is 2.26. The zero-order valence-corrected chi connectivity index (χ0v) is 13.1. The number of hydrogen-bond acceptors (Lipinski definition) is 4. The smallest absolute Gasteiger partial charge is 0.266 e. The van der Waals surface area contributed by atoms with Crippen LogP contribution in [-0.4, -0.2) is 53.9 Å². The molecule has 112 valence electrons. The van der Waals surface area contributed by atoms with E-state index < -0.39 is 0 Å². The molecule has 21 heavy (non-hydrogen) atoms. The average Bonchev–Trinajstić information content (AvgIpc) is 3.24. The lowest BCUT2D eigenvalue weighted by molar-refractivity contribution is 0.0781. The standard InChI is InChI=1S/C15H19N3O2S/c1-17(11-4-5-11)7-8-18(2)14(19)10-3-6-13-12(9-10)16-15(21)20-13/h3,6,9,11H,4-5,7-8H2,1-2H3,(H,16,21). The summed E-state index contributed by atoms with van der Waals surface area (Å²) in [6.45, 7) is 1.63. The molecule has 5 nitrogen and oxygen atoms in total. The van der Waals surface area contributed by atoms with Crippen molar-refractivity contribution in [2.24, 2.45) is 0 Å². The van der Waals surface area contributed by atoms with Crippen LogP contribution in [0.3, 0.4) is 0 Å². The number of likely N-dealkylation sites (N-methyl/N-ethyl adjacent to an activating group) is 2. The third-order valence-electron chi connectivity index (χ3n) is 3.97. The predicted molar refractivity (Wildman–Crippen MR) is 84.0 cm³/mol. The van der Waals surface area contributed by atoms with Gasteiger partial charge in [0.1, 0.15) is 0 Å². The molecule has 1 aromatic heterocycles. The van der Waals surface area contributed by atoms with Crippen LogP contribution in [0.15, 0.2) is 22.6 Å². The first-order valence-electron chi connectivity index (χ1n) is 7.13. The number of nitrogens with one attached hydrogen (secondary N) is 1. The first-order chi connectivity index (χ1) is 10.0. The van der Waals surface area contributed by atoms with Gasteiger partial charge in [-0.1, -0.05) is 0 Å². The van der Waals surface area contributed by atoms with Gasteiger partial charge in [-0.2, -0.15) is 0 Å². The fourth-order valence-corrected chi connectivity index (χ4v) is 2.61. The van der Waals surface area contributed by atoms with Crippen molar-refractivity contribution in [2.75, 3.05) is 27.2 Å². The second-order valence-electron chi connectivity index (χ2n) is 5.66. The maximum atomic E-state index is 12.4. The lowest BCUT2D eigenvalue weighted by Gasteiger charge is -2.22. The van der Waals surface area contributed by atoms with Gasteiger partial charge < -0.3 is 19.2 Å². The van der Waals surface area contributed by atoms with Gasteiger partial charge in [0.25, 0.3) is 10.7 Å². The van der Waals surface area contributed by atoms with E-state index in [0.29, 0.717) is 16.0 Å². The molecule has 0 unspecified atom stereocenters. The van der Waals surface area contributed by atoms with Crippen molar-refractivity contribution in [2.45, 2.75) is 18.9 Å². The Labute approximate surface area is 128 Å². The second kappa shape index (κ2) is 5.61. The van der Waals surface area contributed by atoms with Gasteiger partial charge in [-0.15, -0.1) is 0 Å². The maximum absolute atomic E-state index is 12.4. The van der Waals surface area contributed by atoms with E-state index >= 15 is 0 Å². The molecule has 0 aliphatic heterocycles. The molecule has 1 N–H and O–H groups in total. The molecule has 1 aliphatic carbocycles. The third-order valence-corrected chi connectivity index (χ3v) is 4.16. The van der Waals surface area contributed by atoms with Gasteiger partial charge in [0, 0.05) is 31.7 Å². The Balaban J connectivity index is 1.68. The van der Waals surface area contributed by atoms with Gasteiger partial charge in [0.05, 0.1) is 5.52 Å². The number of carbonyl (C=O) groups excluding carboxylic acids is 1. The van der Waals surface area contributed by atoms with Crippen molar-refractivity contribution in [3.63, 3.8) is 0 Å². The van der Waals surface area contributed by atoms with Crippen molar-refractivity contribution in [3.05, 3.63) is 28.6 Å². The van der Waals surface area contributed by atoms with E-state index in [9.17, 15) is 4.79 Å². The summed E-state index contributed by atoms with van der Waals surface area (Å²) >= 11 is 4.95. The molecular weight excluding hydrogens is 286 g/mol. The monoisotopic (exact) mass is 305 g/mol. The van der Waals surface area contributed by atoms with Crippen LogP contribution in [0.5, 0.6) is 0 Å². The Hall–Kier alpha value is -1.66. The number of carbonyl (C=O) groups is 1. The molecule has 1 heterocycles. The van der Waals surface area contributed by atoms with Crippen LogP contribution in [0, 0.1) is 4.84 Å². The van der Waals surface area contributed by atoms with Gasteiger partial charge in [-0.25, -0.2) is 0 Å². The summed E-state index contributed by atoms with van der Waals surface area (Å²) in [6.07, 6.45) is 2.56. The molecule has 1 amide bonds. The van der Waals surface area contributed by atoms with Crippen LogP contribution in [0.2, 0.25) is 0 Å². The molecular formula is C15H19N3O2S. The molecule has 3 rings (SSSR count). The van der Waals surface area contributed by atoms with Crippen molar-refractivity contribution in [1.82, 2.24) is 14.8 Å². The maximum Gasteiger partial charge on any atom is 0.266 e. The largest absolute Gasteiger partial charge is 0.429 e.